The molecule has 0 heterocycles. The second kappa shape index (κ2) is 14.3. The highest BCUT2D eigenvalue weighted by molar-refractivity contribution is 7.92. The van der Waals surface area contributed by atoms with E-state index in [4.69, 9.17) is 0 Å². The third-order valence-electron chi connectivity index (χ3n) is 6.94. The van der Waals surface area contributed by atoms with Crippen LogP contribution in [0.15, 0.2) is 78.9 Å². The molecule has 0 aliphatic carbocycles. The number of carbonyl (C=O) groups is 2. The van der Waals surface area contributed by atoms with Crippen molar-refractivity contribution in [3.63, 3.8) is 0 Å². The molecule has 220 valence electrons. The Morgan fingerprint density at radius 1 is 0.829 bits per heavy atom. The maximum Gasteiger partial charge on any atom is 0.244 e. The number of hydrogen-bond donors (Lipinski definition) is 1. The number of amides is 2. The highest BCUT2D eigenvalue weighted by atomic mass is 32.2. The Balaban J connectivity index is 2.08. The number of rotatable bonds is 13. The molecule has 41 heavy (non-hydrogen) atoms. The molecular formula is C33H43N3O4S. The van der Waals surface area contributed by atoms with Gasteiger partial charge in [0.1, 0.15) is 12.6 Å². The van der Waals surface area contributed by atoms with Gasteiger partial charge in [0, 0.05) is 19.5 Å². The second-order valence-corrected chi connectivity index (χ2v) is 13.2. The van der Waals surface area contributed by atoms with E-state index in [1.54, 1.807) is 12.1 Å². The summed E-state index contributed by atoms with van der Waals surface area (Å²) in [7, 11) is -3.82. The summed E-state index contributed by atoms with van der Waals surface area (Å²) < 4.78 is 27.4. The third-order valence-corrected chi connectivity index (χ3v) is 8.06. The fourth-order valence-electron chi connectivity index (χ4n) is 4.66. The van der Waals surface area contributed by atoms with E-state index in [1.807, 2.05) is 101 Å². The van der Waals surface area contributed by atoms with Crippen molar-refractivity contribution in [1.82, 2.24) is 10.2 Å². The van der Waals surface area contributed by atoms with Crippen molar-refractivity contribution < 1.29 is 18.0 Å². The first kappa shape index (κ1) is 31.9. The lowest BCUT2D eigenvalue weighted by Gasteiger charge is -2.34. The van der Waals surface area contributed by atoms with Gasteiger partial charge < -0.3 is 10.2 Å². The average Bonchev–Trinajstić information content (AvgIpc) is 2.93. The van der Waals surface area contributed by atoms with E-state index in [9.17, 15) is 18.0 Å². The number of nitrogens with one attached hydrogen (secondary N) is 1. The lowest BCUT2D eigenvalue weighted by Crippen LogP contribution is -2.53. The minimum absolute atomic E-state index is 0.0434. The molecule has 1 atom stereocenters. The number of hydrogen-bond acceptors (Lipinski definition) is 4. The summed E-state index contributed by atoms with van der Waals surface area (Å²) in [5.41, 5.74) is 4.13. The van der Waals surface area contributed by atoms with Gasteiger partial charge in [-0.1, -0.05) is 106 Å². The largest absolute Gasteiger partial charge is 0.354 e. The van der Waals surface area contributed by atoms with Crippen LogP contribution in [0.5, 0.6) is 0 Å². The van der Waals surface area contributed by atoms with Crippen LogP contribution in [0.3, 0.4) is 0 Å². The topological polar surface area (TPSA) is 86.8 Å². The summed E-state index contributed by atoms with van der Waals surface area (Å²) in [4.78, 5) is 29.5. The minimum Gasteiger partial charge on any atom is -0.354 e. The molecule has 0 saturated heterocycles. The third kappa shape index (κ3) is 9.18. The fraction of sp³-hybridized carbons (Fsp3) is 0.394. The van der Waals surface area contributed by atoms with Gasteiger partial charge in [0.05, 0.1) is 11.9 Å². The van der Waals surface area contributed by atoms with E-state index in [1.165, 1.54) is 9.21 Å². The van der Waals surface area contributed by atoms with Gasteiger partial charge in [0.2, 0.25) is 21.8 Å². The average molecular weight is 578 g/mol. The van der Waals surface area contributed by atoms with E-state index in [0.717, 1.165) is 28.5 Å². The number of aryl methyl sites for hydroxylation is 1. The van der Waals surface area contributed by atoms with Gasteiger partial charge >= 0.3 is 0 Å². The van der Waals surface area contributed by atoms with Crippen molar-refractivity contribution in [2.24, 2.45) is 5.92 Å². The van der Waals surface area contributed by atoms with Crippen LogP contribution in [0.25, 0.3) is 0 Å². The van der Waals surface area contributed by atoms with E-state index < -0.39 is 28.5 Å². The van der Waals surface area contributed by atoms with Crippen LogP contribution in [0.1, 0.15) is 55.9 Å². The highest BCUT2D eigenvalue weighted by Crippen LogP contribution is 2.29. The first-order chi connectivity index (χ1) is 19.4. The molecule has 0 bridgehead atoms. The molecule has 1 N–H and O–H groups in total. The molecule has 3 rings (SSSR count). The van der Waals surface area contributed by atoms with E-state index in [0.29, 0.717) is 18.7 Å². The molecule has 0 radical (unpaired) electrons. The Morgan fingerprint density at radius 2 is 1.44 bits per heavy atom. The van der Waals surface area contributed by atoms with Gasteiger partial charge in [-0.15, -0.1) is 0 Å². The highest BCUT2D eigenvalue weighted by Gasteiger charge is 2.33. The van der Waals surface area contributed by atoms with Gasteiger partial charge in [-0.05, 0) is 41.5 Å². The van der Waals surface area contributed by atoms with Gasteiger partial charge in [0.25, 0.3) is 0 Å². The minimum atomic E-state index is -3.82. The van der Waals surface area contributed by atoms with Crippen molar-refractivity contribution in [3.05, 3.63) is 101 Å². The quantitative estimate of drug-likeness (QED) is 0.299. The lowest BCUT2D eigenvalue weighted by atomic mass is 10.0. The Kier molecular flexibility index (Phi) is 11.1. The monoisotopic (exact) mass is 577 g/mol. The van der Waals surface area contributed by atoms with Gasteiger partial charge in [-0.2, -0.15) is 0 Å². The molecule has 7 nitrogen and oxygen atoms in total. The Morgan fingerprint density at radius 3 is 2.02 bits per heavy atom. The van der Waals surface area contributed by atoms with Crippen molar-refractivity contribution in [3.8, 4) is 0 Å². The number of para-hydroxylation sites is 1. The number of anilines is 1. The molecule has 0 unspecified atom stereocenters. The first-order valence-corrected chi connectivity index (χ1v) is 15.9. The van der Waals surface area contributed by atoms with Crippen molar-refractivity contribution in [2.45, 2.75) is 59.5 Å². The Labute approximate surface area is 245 Å². The van der Waals surface area contributed by atoms with Crippen LogP contribution < -0.4 is 9.62 Å². The number of benzene rings is 3. The molecule has 3 aromatic carbocycles. The maximum absolute atomic E-state index is 14.2. The number of nitrogens with zero attached hydrogens (tertiary/aromatic N) is 2. The summed E-state index contributed by atoms with van der Waals surface area (Å²) in [6.45, 7) is 10.2. The van der Waals surface area contributed by atoms with Crippen LogP contribution in [0, 0.1) is 12.8 Å². The molecule has 0 aliphatic heterocycles. The molecule has 3 aromatic rings. The van der Waals surface area contributed by atoms with Crippen molar-refractivity contribution in [2.75, 3.05) is 23.7 Å². The predicted molar refractivity (Wildman–Crippen MR) is 166 cm³/mol. The van der Waals surface area contributed by atoms with Crippen molar-refractivity contribution >= 4 is 27.5 Å². The van der Waals surface area contributed by atoms with Gasteiger partial charge in [-0.3, -0.25) is 13.9 Å². The van der Waals surface area contributed by atoms with E-state index in [2.05, 4.69) is 5.32 Å². The lowest BCUT2D eigenvalue weighted by molar-refractivity contribution is -0.140. The SMILES string of the molecule is Cc1ccc(CN(C(=O)CN(c2ccccc2C(C)C)S(C)(=O)=O)[C@H](Cc2ccccc2)C(=O)NCC(C)C)cc1. The predicted octanol–water partition coefficient (Wildman–Crippen LogP) is 5.30. The molecular weight excluding hydrogens is 534 g/mol. The summed E-state index contributed by atoms with van der Waals surface area (Å²) in [6.07, 6.45) is 1.41. The molecule has 8 heteroatoms. The Hall–Kier alpha value is -3.65. The summed E-state index contributed by atoms with van der Waals surface area (Å²) in [6, 6.07) is 23.8. The van der Waals surface area contributed by atoms with Gasteiger partial charge in [-0.25, -0.2) is 8.42 Å². The summed E-state index contributed by atoms with van der Waals surface area (Å²) in [5.74, 6) is -0.445. The second-order valence-electron chi connectivity index (χ2n) is 11.3. The van der Waals surface area contributed by atoms with Crippen LogP contribution in [0.2, 0.25) is 0 Å². The number of carbonyl (C=O) groups excluding carboxylic acids is 2. The van der Waals surface area contributed by atoms with Crippen LogP contribution >= 0.6 is 0 Å². The van der Waals surface area contributed by atoms with Crippen LogP contribution in [0.4, 0.5) is 5.69 Å². The molecule has 2 amide bonds. The number of sulfonamides is 1. The van der Waals surface area contributed by atoms with Crippen molar-refractivity contribution in [1.29, 1.82) is 0 Å². The van der Waals surface area contributed by atoms with Gasteiger partial charge in [0.15, 0.2) is 0 Å². The maximum atomic E-state index is 14.2. The van der Waals surface area contributed by atoms with Crippen LogP contribution in [-0.2, 0) is 32.6 Å². The normalized spacial score (nSPS) is 12.3. The zero-order valence-electron chi connectivity index (χ0n) is 25.0. The van der Waals surface area contributed by atoms with E-state index in [-0.39, 0.29) is 24.3 Å². The smallest absolute Gasteiger partial charge is 0.244 e. The fourth-order valence-corrected chi connectivity index (χ4v) is 5.53. The molecule has 0 fully saturated rings. The zero-order valence-corrected chi connectivity index (χ0v) is 25.8. The molecule has 0 spiro atoms. The van der Waals surface area contributed by atoms with E-state index >= 15 is 0 Å². The summed E-state index contributed by atoms with van der Waals surface area (Å²) in [5, 5.41) is 3.01. The Bertz CT molecular complexity index is 1400. The van der Waals surface area contributed by atoms with Crippen LogP contribution in [-0.4, -0.2) is 50.5 Å². The molecule has 0 aliphatic rings. The first-order valence-electron chi connectivity index (χ1n) is 14.1. The molecule has 0 saturated carbocycles. The standard InChI is InChI=1S/C33H43N3O4S/c1-24(2)21-34-33(38)31(20-27-12-8-7-9-13-27)35(22-28-18-16-26(5)17-19-28)32(37)23-36(41(6,39)40)30-15-11-10-14-29(30)25(3)4/h7-19,24-25,31H,20-23H2,1-6H3,(H,34,38)/t31-/m1/s1. The zero-order chi connectivity index (χ0) is 30.2. The summed E-state index contributed by atoms with van der Waals surface area (Å²) >= 11 is 0. The molecule has 0 aromatic heterocycles.